The summed E-state index contributed by atoms with van der Waals surface area (Å²) >= 11 is 0. The Bertz CT molecular complexity index is 450. The van der Waals surface area contributed by atoms with Crippen molar-refractivity contribution in [1.29, 1.82) is 0 Å². The van der Waals surface area contributed by atoms with Gasteiger partial charge in [0, 0.05) is 11.2 Å². The molecule has 19 heavy (non-hydrogen) atoms. The van der Waals surface area contributed by atoms with Gasteiger partial charge in [-0.15, -0.1) is 0 Å². The first-order chi connectivity index (χ1) is 8.58. The molecular formula is C13H17F3N2O. The summed E-state index contributed by atoms with van der Waals surface area (Å²) in [6.07, 6.45) is -4.41. The van der Waals surface area contributed by atoms with Crippen LogP contribution in [0.5, 0.6) is 0 Å². The Morgan fingerprint density at radius 1 is 1.21 bits per heavy atom. The molecule has 0 unspecified atom stereocenters. The van der Waals surface area contributed by atoms with Crippen molar-refractivity contribution < 1.29 is 18.0 Å². The predicted molar refractivity (Wildman–Crippen MR) is 67.8 cm³/mol. The zero-order valence-electron chi connectivity index (χ0n) is 11.1. The number of alkyl halides is 3. The number of amides is 1. The Hall–Kier alpha value is -1.56. The molecule has 106 valence electrons. The molecule has 0 saturated heterocycles. The quantitative estimate of drug-likeness (QED) is 0.889. The van der Waals surface area contributed by atoms with E-state index in [1.54, 1.807) is 0 Å². The smallest absolute Gasteiger partial charge is 0.325 e. The maximum absolute atomic E-state index is 12.5. The molecule has 1 aromatic carbocycles. The Kier molecular flexibility index (Phi) is 4.57. The van der Waals surface area contributed by atoms with Crippen molar-refractivity contribution in [3.8, 4) is 0 Å². The lowest BCUT2D eigenvalue weighted by Gasteiger charge is -2.20. The van der Waals surface area contributed by atoms with Crippen LogP contribution in [0.1, 0.15) is 26.3 Å². The van der Waals surface area contributed by atoms with Gasteiger partial charge < -0.3 is 10.6 Å². The summed E-state index contributed by atoms with van der Waals surface area (Å²) in [6, 6.07) is 4.55. The first-order valence-electron chi connectivity index (χ1n) is 5.80. The molecule has 0 radical (unpaired) electrons. The largest absolute Gasteiger partial charge is 0.416 e. The zero-order valence-corrected chi connectivity index (χ0v) is 11.1. The first-order valence-corrected chi connectivity index (χ1v) is 5.80. The summed E-state index contributed by atoms with van der Waals surface area (Å²) in [5.74, 6) is -0.380. The van der Waals surface area contributed by atoms with E-state index < -0.39 is 11.7 Å². The van der Waals surface area contributed by atoms with Crippen molar-refractivity contribution in [2.45, 2.75) is 32.5 Å². The molecule has 0 aliphatic rings. The second kappa shape index (κ2) is 5.61. The highest BCUT2D eigenvalue weighted by Crippen LogP contribution is 2.30. The molecule has 1 rings (SSSR count). The molecule has 3 nitrogen and oxygen atoms in total. The third-order valence-electron chi connectivity index (χ3n) is 2.25. The van der Waals surface area contributed by atoms with Gasteiger partial charge in [0.1, 0.15) is 0 Å². The van der Waals surface area contributed by atoms with E-state index in [9.17, 15) is 18.0 Å². The van der Waals surface area contributed by atoms with Crippen molar-refractivity contribution in [2.24, 2.45) is 0 Å². The minimum absolute atomic E-state index is 0.0414. The van der Waals surface area contributed by atoms with Crippen LogP contribution in [0.2, 0.25) is 0 Å². The van der Waals surface area contributed by atoms with Gasteiger partial charge in [-0.1, -0.05) is 6.07 Å². The second-order valence-electron chi connectivity index (χ2n) is 5.23. The lowest BCUT2D eigenvalue weighted by atomic mass is 10.1. The number of hydrogen-bond donors (Lipinski definition) is 2. The standard InChI is InChI=1S/C13H17F3N2O/c1-12(2,3)17-8-11(19)18-10-6-4-5-9(7-10)13(14,15)16/h4-7,17H,8H2,1-3H3,(H,18,19). The summed E-state index contributed by atoms with van der Waals surface area (Å²) in [4.78, 5) is 11.6. The van der Waals surface area contributed by atoms with Crippen LogP contribution in [0.25, 0.3) is 0 Å². The van der Waals surface area contributed by atoms with Crippen molar-refractivity contribution in [1.82, 2.24) is 5.32 Å². The minimum Gasteiger partial charge on any atom is -0.325 e. The third-order valence-corrected chi connectivity index (χ3v) is 2.25. The Morgan fingerprint density at radius 2 is 1.84 bits per heavy atom. The Balaban J connectivity index is 2.65. The summed E-state index contributed by atoms with van der Waals surface area (Å²) in [5.41, 5.74) is -0.879. The number of carbonyl (C=O) groups is 1. The van der Waals surface area contributed by atoms with Crippen LogP contribution in [0, 0.1) is 0 Å². The number of hydrogen-bond acceptors (Lipinski definition) is 2. The maximum Gasteiger partial charge on any atom is 0.416 e. The van der Waals surface area contributed by atoms with Gasteiger partial charge in [0.2, 0.25) is 5.91 Å². The van der Waals surface area contributed by atoms with Gasteiger partial charge in [0.25, 0.3) is 0 Å². The van der Waals surface area contributed by atoms with Crippen LogP contribution in [-0.2, 0) is 11.0 Å². The number of rotatable bonds is 3. The molecule has 2 N–H and O–H groups in total. The molecule has 0 aliphatic heterocycles. The van der Waals surface area contributed by atoms with Crippen LogP contribution < -0.4 is 10.6 Å². The molecule has 0 spiro atoms. The fraction of sp³-hybridized carbons (Fsp3) is 0.462. The monoisotopic (exact) mass is 274 g/mol. The number of nitrogens with one attached hydrogen (secondary N) is 2. The van der Waals surface area contributed by atoms with Gasteiger partial charge in [0.05, 0.1) is 12.1 Å². The highest BCUT2D eigenvalue weighted by atomic mass is 19.4. The molecule has 0 aliphatic carbocycles. The molecule has 1 aromatic rings. The summed E-state index contributed by atoms with van der Waals surface area (Å²) in [5, 5.41) is 5.38. The van der Waals surface area contributed by atoms with E-state index in [1.807, 2.05) is 20.8 Å². The molecule has 6 heteroatoms. The van der Waals surface area contributed by atoms with E-state index in [-0.39, 0.29) is 23.7 Å². The van der Waals surface area contributed by atoms with Crippen LogP contribution in [0.3, 0.4) is 0 Å². The van der Waals surface area contributed by atoms with Crippen molar-refractivity contribution >= 4 is 11.6 Å². The predicted octanol–water partition coefficient (Wildman–Crippen LogP) is 3.03. The van der Waals surface area contributed by atoms with Crippen LogP contribution in [-0.4, -0.2) is 18.0 Å². The molecule has 0 heterocycles. The SMILES string of the molecule is CC(C)(C)NCC(=O)Nc1cccc(C(F)(F)F)c1. The average molecular weight is 274 g/mol. The van der Waals surface area contributed by atoms with Gasteiger partial charge in [0.15, 0.2) is 0 Å². The third kappa shape index (κ3) is 5.74. The molecule has 0 bridgehead atoms. The number of benzene rings is 1. The molecule has 0 fully saturated rings. The van der Waals surface area contributed by atoms with Gasteiger partial charge in [-0.25, -0.2) is 0 Å². The van der Waals surface area contributed by atoms with E-state index >= 15 is 0 Å². The van der Waals surface area contributed by atoms with Crippen LogP contribution >= 0.6 is 0 Å². The van der Waals surface area contributed by atoms with E-state index in [0.717, 1.165) is 12.1 Å². The van der Waals surface area contributed by atoms with E-state index in [0.29, 0.717) is 0 Å². The van der Waals surface area contributed by atoms with Crippen molar-refractivity contribution in [2.75, 3.05) is 11.9 Å². The highest BCUT2D eigenvalue weighted by Gasteiger charge is 2.30. The van der Waals surface area contributed by atoms with E-state index in [2.05, 4.69) is 10.6 Å². The first kappa shape index (κ1) is 15.5. The van der Waals surface area contributed by atoms with Gasteiger partial charge in [-0.2, -0.15) is 13.2 Å². The Morgan fingerprint density at radius 3 is 2.37 bits per heavy atom. The van der Waals surface area contributed by atoms with Gasteiger partial charge >= 0.3 is 6.18 Å². The maximum atomic E-state index is 12.5. The number of carbonyl (C=O) groups excluding carboxylic acids is 1. The van der Waals surface area contributed by atoms with Crippen LogP contribution in [0.15, 0.2) is 24.3 Å². The summed E-state index contributed by atoms with van der Waals surface area (Å²) in [7, 11) is 0. The fourth-order valence-corrected chi connectivity index (χ4v) is 1.32. The van der Waals surface area contributed by atoms with Crippen LogP contribution in [0.4, 0.5) is 18.9 Å². The minimum atomic E-state index is -4.41. The lowest BCUT2D eigenvalue weighted by molar-refractivity contribution is -0.137. The van der Waals surface area contributed by atoms with E-state index in [1.165, 1.54) is 12.1 Å². The van der Waals surface area contributed by atoms with Crippen molar-refractivity contribution in [3.05, 3.63) is 29.8 Å². The normalized spacial score (nSPS) is 12.3. The molecule has 0 saturated carbocycles. The Labute approximate surface area is 110 Å². The van der Waals surface area contributed by atoms with Gasteiger partial charge in [-0.05, 0) is 39.0 Å². The molecule has 1 amide bonds. The molecule has 0 aromatic heterocycles. The number of anilines is 1. The molecule has 0 atom stereocenters. The second-order valence-corrected chi connectivity index (χ2v) is 5.23. The molecular weight excluding hydrogens is 257 g/mol. The summed E-state index contributed by atoms with van der Waals surface area (Å²) in [6.45, 7) is 5.72. The van der Waals surface area contributed by atoms with E-state index in [4.69, 9.17) is 0 Å². The number of halogens is 3. The summed E-state index contributed by atoms with van der Waals surface area (Å²) < 4.78 is 37.5. The zero-order chi connectivity index (χ0) is 14.7. The van der Waals surface area contributed by atoms with Gasteiger partial charge in [-0.3, -0.25) is 4.79 Å². The average Bonchev–Trinajstić information content (AvgIpc) is 2.25. The fourth-order valence-electron chi connectivity index (χ4n) is 1.32. The topological polar surface area (TPSA) is 41.1 Å². The van der Waals surface area contributed by atoms with Crippen molar-refractivity contribution in [3.63, 3.8) is 0 Å². The highest BCUT2D eigenvalue weighted by molar-refractivity contribution is 5.92. The lowest BCUT2D eigenvalue weighted by Crippen LogP contribution is -2.41.